The molecule has 36 heavy (non-hydrogen) atoms. The van der Waals surface area contributed by atoms with Gasteiger partial charge in [-0.1, -0.05) is 0 Å². The molecule has 0 saturated carbocycles. The third-order valence-electron chi connectivity index (χ3n) is 7.39. The molecule has 204 valence electrons. The maximum Gasteiger partial charge on any atom is 0.410 e. The molecule has 2 aliphatic rings. The fraction of sp³-hybridized carbons (Fsp3) is 0.731. The summed E-state index contributed by atoms with van der Waals surface area (Å²) in [5, 5.41) is 0. The van der Waals surface area contributed by atoms with Gasteiger partial charge in [-0.05, 0) is 89.0 Å². The maximum atomic E-state index is 14.1. The topological polar surface area (TPSA) is 70.2 Å². The number of rotatable bonds is 7. The number of hydrogen-bond acceptors (Lipinski definition) is 5. The first-order chi connectivity index (χ1) is 16.7. The Balaban J connectivity index is 1.61. The molecule has 0 aromatic heterocycles. The Morgan fingerprint density at radius 1 is 1.06 bits per heavy atom. The highest BCUT2D eigenvalue weighted by Crippen LogP contribution is 2.37. The monoisotopic (exact) mass is 529 g/mol. The standard InChI is InChI=1S/C26H41F2N3O4S/c1-26(2,3)35-25(32)29(4)23-8-11-30(12-9-23)13-10-24(20-16-21(27)18-22(28)17-20)19-6-14-31(15-7-19)36(5,33)34/h16-19,23-24H,6-15H2,1-5H3/t24-/m1/s1. The number of nitrogens with zero attached hydrogens (tertiary/aromatic N) is 3. The number of likely N-dealkylation sites (tertiary alicyclic amines) is 1. The largest absolute Gasteiger partial charge is 0.444 e. The van der Waals surface area contributed by atoms with E-state index in [1.807, 2.05) is 20.8 Å². The van der Waals surface area contributed by atoms with Crippen molar-refractivity contribution in [3.63, 3.8) is 0 Å². The summed E-state index contributed by atoms with van der Waals surface area (Å²) in [5.41, 5.74) is 0.111. The number of hydrogen-bond donors (Lipinski definition) is 0. The van der Waals surface area contributed by atoms with E-state index in [0.29, 0.717) is 31.5 Å². The van der Waals surface area contributed by atoms with Crippen LogP contribution in [0.25, 0.3) is 0 Å². The van der Waals surface area contributed by atoms with Crippen molar-refractivity contribution in [3.8, 4) is 0 Å². The predicted molar refractivity (Wildman–Crippen MR) is 136 cm³/mol. The normalized spacial score (nSPS) is 20.3. The van der Waals surface area contributed by atoms with Gasteiger partial charge in [0.1, 0.15) is 17.2 Å². The van der Waals surface area contributed by atoms with Gasteiger partial charge in [0.25, 0.3) is 0 Å². The van der Waals surface area contributed by atoms with Gasteiger partial charge in [0.2, 0.25) is 10.0 Å². The first-order valence-electron chi connectivity index (χ1n) is 12.8. The second kappa shape index (κ2) is 11.7. The summed E-state index contributed by atoms with van der Waals surface area (Å²) in [4.78, 5) is 16.4. The van der Waals surface area contributed by atoms with Gasteiger partial charge < -0.3 is 14.5 Å². The summed E-state index contributed by atoms with van der Waals surface area (Å²) in [7, 11) is -1.46. The molecule has 3 rings (SSSR count). The van der Waals surface area contributed by atoms with Crippen LogP contribution in [0, 0.1) is 17.6 Å². The Hall–Kier alpha value is -1.78. The third kappa shape index (κ3) is 8.11. The van der Waals surface area contributed by atoms with Gasteiger partial charge >= 0.3 is 6.09 Å². The van der Waals surface area contributed by atoms with E-state index in [1.54, 1.807) is 11.9 Å². The van der Waals surface area contributed by atoms with Crippen molar-refractivity contribution in [3.05, 3.63) is 35.4 Å². The summed E-state index contributed by atoms with van der Waals surface area (Å²) >= 11 is 0. The van der Waals surface area contributed by atoms with Crippen LogP contribution in [0.4, 0.5) is 13.6 Å². The van der Waals surface area contributed by atoms with Crippen molar-refractivity contribution < 1.29 is 26.7 Å². The molecular weight excluding hydrogens is 488 g/mol. The lowest BCUT2D eigenvalue weighted by Gasteiger charge is -2.39. The molecule has 1 aromatic carbocycles. The minimum absolute atomic E-state index is 0.0564. The van der Waals surface area contributed by atoms with E-state index in [9.17, 15) is 22.0 Å². The Kier molecular flexibility index (Phi) is 9.38. The van der Waals surface area contributed by atoms with Crippen LogP contribution in [-0.2, 0) is 14.8 Å². The third-order valence-corrected chi connectivity index (χ3v) is 8.70. The van der Waals surface area contributed by atoms with E-state index in [2.05, 4.69) is 4.90 Å². The van der Waals surface area contributed by atoms with Crippen LogP contribution in [0.3, 0.4) is 0 Å². The Morgan fingerprint density at radius 2 is 1.61 bits per heavy atom. The molecule has 0 radical (unpaired) electrons. The number of carbonyl (C=O) groups is 1. The summed E-state index contributed by atoms with van der Waals surface area (Å²) in [6.45, 7) is 8.86. The Bertz CT molecular complexity index is 979. The van der Waals surface area contributed by atoms with Crippen LogP contribution in [0.2, 0.25) is 0 Å². The van der Waals surface area contributed by atoms with Crippen molar-refractivity contribution >= 4 is 16.1 Å². The number of ether oxygens (including phenoxy) is 1. The molecular formula is C26H41F2N3O4S. The molecule has 1 amide bonds. The van der Waals surface area contributed by atoms with Crippen molar-refractivity contribution in [1.29, 1.82) is 0 Å². The van der Waals surface area contributed by atoms with Gasteiger partial charge in [0.15, 0.2) is 0 Å². The minimum atomic E-state index is -3.24. The van der Waals surface area contributed by atoms with Crippen molar-refractivity contribution in [2.45, 2.75) is 70.4 Å². The van der Waals surface area contributed by atoms with E-state index >= 15 is 0 Å². The van der Waals surface area contributed by atoms with Crippen LogP contribution in [-0.4, -0.2) is 86.3 Å². The average Bonchev–Trinajstić information content (AvgIpc) is 2.77. The first kappa shape index (κ1) is 28.8. The van der Waals surface area contributed by atoms with Crippen molar-refractivity contribution in [2.24, 2.45) is 5.92 Å². The Morgan fingerprint density at radius 3 is 2.11 bits per heavy atom. The average molecular weight is 530 g/mol. The minimum Gasteiger partial charge on any atom is -0.444 e. The van der Waals surface area contributed by atoms with Gasteiger partial charge in [0.05, 0.1) is 6.26 Å². The molecule has 0 bridgehead atoms. The van der Waals surface area contributed by atoms with Crippen molar-refractivity contribution in [1.82, 2.24) is 14.1 Å². The molecule has 0 N–H and O–H groups in total. The van der Waals surface area contributed by atoms with Crippen LogP contribution in [0.1, 0.15) is 64.4 Å². The van der Waals surface area contributed by atoms with E-state index in [-0.39, 0.29) is 24.0 Å². The predicted octanol–water partition coefficient (Wildman–Crippen LogP) is 4.44. The number of carbonyl (C=O) groups excluding carboxylic acids is 1. The number of halogens is 2. The summed E-state index contributed by atoms with van der Waals surface area (Å²) < 4.78 is 59.0. The van der Waals surface area contributed by atoms with Crippen LogP contribution in [0.15, 0.2) is 18.2 Å². The Labute approximate surface area is 214 Å². The lowest BCUT2D eigenvalue weighted by molar-refractivity contribution is 0.0150. The van der Waals surface area contributed by atoms with Gasteiger partial charge in [-0.15, -0.1) is 0 Å². The van der Waals surface area contributed by atoms with Crippen LogP contribution in [0.5, 0.6) is 0 Å². The molecule has 2 saturated heterocycles. The molecule has 1 aromatic rings. The molecule has 0 aliphatic carbocycles. The zero-order chi connectivity index (χ0) is 26.7. The smallest absolute Gasteiger partial charge is 0.410 e. The van der Waals surface area contributed by atoms with E-state index in [1.165, 1.54) is 22.7 Å². The highest BCUT2D eigenvalue weighted by Gasteiger charge is 2.33. The summed E-state index contributed by atoms with van der Waals surface area (Å²) in [6, 6.07) is 3.83. The highest BCUT2D eigenvalue weighted by atomic mass is 32.2. The van der Waals surface area contributed by atoms with Gasteiger partial charge in [0, 0.05) is 45.3 Å². The number of amides is 1. The molecule has 2 aliphatic heterocycles. The fourth-order valence-corrected chi connectivity index (χ4v) is 6.28. The van der Waals surface area contributed by atoms with Crippen molar-refractivity contribution in [2.75, 3.05) is 46.0 Å². The lowest BCUT2D eigenvalue weighted by Crippen LogP contribution is -2.47. The molecule has 0 unspecified atom stereocenters. The number of benzene rings is 1. The maximum absolute atomic E-state index is 14.1. The van der Waals surface area contributed by atoms with Gasteiger partial charge in [-0.2, -0.15) is 0 Å². The van der Waals surface area contributed by atoms with E-state index in [4.69, 9.17) is 4.74 Å². The van der Waals surface area contributed by atoms with Gasteiger partial charge in [-0.3, -0.25) is 0 Å². The van der Waals surface area contributed by atoms with Crippen LogP contribution < -0.4 is 0 Å². The second-order valence-electron chi connectivity index (χ2n) is 11.3. The molecule has 0 spiro atoms. The zero-order valence-electron chi connectivity index (χ0n) is 22.2. The highest BCUT2D eigenvalue weighted by molar-refractivity contribution is 7.88. The quantitative estimate of drug-likeness (QED) is 0.522. The van der Waals surface area contributed by atoms with Gasteiger partial charge in [-0.25, -0.2) is 26.3 Å². The zero-order valence-corrected chi connectivity index (χ0v) is 23.0. The fourth-order valence-electron chi connectivity index (χ4n) is 5.41. The second-order valence-corrected chi connectivity index (χ2v) is 13.2. The van der Waals surface area contributed by atoms with E-state index < -0.39 is 27.3 Å². The molecule has 2 heterocycles. The lowest BCUT2D eigenvalue weighted by atomic mass is 9.78. The van der Waals surface area contributed by atoms with E-state index in [0.717, 1.165) is 45.0 Å². The molecule has 10 heteroatoms. The SMILES string of the molecule is CN(C(=O)OC(C)(C)C)C1CCN(CC[C@@H](c2cc(F)cc(F)c2)C2CCN(S(C)(=O)=O)CC2)CC1. The van der Waals surface area contributed by atoms with Crippen LogP contribution >= 0.6 is 0 Å². The molecule has 2 fully saturated rings. The molecule has 7 nitrogen and oxygen atoms in total. The first-order valence-corrected chi connectivity index (χ1v) is 14.7. The summed E-state index contributed by atoms with van der Waals surface area (Å²) in [5.74, 6) is -1.08. The summed E-state index contributed by atoms with van der Waals surface area (Å²) in [6.07, 6.45) is 4.64. The number of sulfonamides is 1. The number of piperidine rings is 2. The molecule has 1 atom stereocenters.